The standard InChI is InChI=1S/C29H39FN4O4S/c1-20(18-35)32-39-23-4-5-24(25(16-23)33-11-9-29(7-8-29)10-12-33)28(36)31-22-3-6-27(38-19-30)26(15-22)34-13-14-37-21(2)17-34/h3-6,15-16,20-21,32,35H,7-14,17-19H2,1-2H3,(H,31,36)/t20-,21+/m0/s1. The van der Waals surface area contributed by atoms with Gasteiger partial charge in [-0.05, 0) is 93.3 Å². The molecule has 8 nitrogen and oxygen atoms in total. The highest BCUT2D eigenvalue weighted by atomic mass is 32.2. The number of benzene rings is 2. The van der Waals surface area contributed by atoms with Crippen LogP contribution in [0.15, 0.2) is 41.3 Å². The molecule has 1 spiro atoms. The molecule has 2 atom stereocenters. The molecule has 2 aliphatic heterocycles. The Hall–Kier alpha value is -2.53. The number of hydrogen-bond acceptors (Lipinski definition) is 8. The van der Waals surface area contributed by atoms with Gasteiger partial charge in [0.15, 0.2) is 0 Å². The zero-order valence-electron chi connectivity index (χ0n) is 22.7. The van der Waals surface area contributed by atoms with E-state index in [-0.39, 0.29) is 24.7 Å². The number of nitrogens with one attached hydrogen (secondary N) is 2. The fourth-order valence-corrected chi connectivity index (χ4v) is 6.11. The van der Waals surface area contributed by atoms with Crippen LogP contribution in [-0.2, 0) is 4.74 Å². The third kappa shape index (κ3) is 6.80. The fraction of sp³-hybridized carbons (Fsp3) is 0.552. The molecule has 0 radical (unpaired) electrons. The van der Waals surface area contributed by atoms with Crippen molar-refractivity contribution in [1.29, 1.82) is 0 Å². The Morgan fingerprint density at radius 1 is 1.15 bits per heavy atom. The molecule has 39 heavy (non-hydrogen) atoms. The van der Waals surface area contributed by atoms with Gasteiger partial charge in [0, 0.05) is 42.8 Å². The SMILES string of the molecule is C[C@@H]1CN(c2cc(NC(=O)c3ccc(SN[C@@H](C)CO)cc3N3CCC4(CC3)CC4)ccc2OCF)CCO1. The maximum atomic E-state index is 13.7. The molecule has 2 aromatic rings. The number of amides is 1. The molecule has 10 heteroatoms. The summed E-state index contributed by atoms with van der Waals surface area (Å²) >= 11 is 1.46. The summed E-state index contributed by atoms with van der Waals surface area (Å²) in [6.45, 7) is 6.81. The van der Waals surface area contributed by atoms with Gasteiger partial charge in [0.25, 0.3) is 5.91 Å². The average Bonchev–Trinajstić information content (AvgIpc) is 3.71. The van der Waals surface area contributed by atoms with E-state index in [1.165, 1.54) is 24.8 Å². The summed E-state index contributed by atoms with van der Waals surface area (Å²) < 4.78 is 27.3. The van der Waals surface area contributed by atoms with Crippen molar-refractivity contribution >= 4 is 34.9 Å². The zero-order valence-corrected chi connectivity index (χ0v) is 23.6. The van der Waals surface area contributed by atoms with E-state index >= 15 is 0 Å². The van der Waals surface area contributed by atoms with Crippen LogP contribution >= 0.6 is 11.9 Å². The van der Waals surface area contributed by atoms with E-state index in [4.69, 9.17) is 9.47 Å². The summed E-state index contributed by atoms with van der Waals surface area (Å²) in [6, 6.07) is 11.1. The summed E-state index contributed by atoms with van der Waals surface area (Å²) in [4.78, 5) is 19.1. The zero-order chi connectivity index (χ0) is 27.4. The molecule has 3 N–H and O–H groups in total. The number of nitrogens with zero attached hydrogens (tertiary/aromatic N) is 2. The molecular formula is C29H39FN4O4S. The molecule has 2 saturated heterocycles. The van der Waals surface area contributed by atoms with Crippen molar-refractivity contribution < 1.29 is 23.8 Å². The van der Waals surface area contributed by atoms with E-state index in [9.17, 15) is 14.3 Å². The van der Waals surface area contributed by atoms with Gasteiger partial charge in [-0.1, -0.05) is 0 Å². The highest BCUT2D eigenvalue weighted by Crippen LogP contribution is 2.54. The summed E-state index contributed by atoms with van der Waals surface area (Å²) in [7, 11) is 0. The number of hydrogen-bond donors (Lipinski definition) is 3. The minimum Gasteiger partial charge on any atom is -0.461 e. The first kappa shape index (κ1) is 28.0. The van der Waals surface area contributed by atoms with Gasteiger partial charge in [-0.3, -0.25) is 9.52 Å². The lowest BCUT2D eigenvalue weighted by molar-refractivity contribution is 0.0529. The summed E-state index contributed by atoms with van der Waals surface area (Å²) in [5, 5.41) is 12.5. The molecular weight excluding hydrogens is 519 g/mol. The van der Waals surface area contributed by atoms with Crippen molar-refractivity contribution in [2.75, 3.05) is 61.4 Å². The Kier molecular flexibility index (Phi) is 8.86. The first-order chi connectivity index (χ1) is 18.9. The number of carbonyl (C=O) groups excluding carboxylic acids is 1. The lowest BCUT2D eigenvalue weighted by Crippen LogP contribution is -2.41. The van der Waals surface area contributed by atoms with Crippen molar-refractivity contribution in [3.8, 4) is 5.75 Å². The van der Waals surface area contributed by atoms with Crippen LogP contribution < -0.4 is 24.6 Å². The molecule has 0 unspecified atom stereocenters. The van der Waals surface area contributed by atoms with E-state index in [0.717, 1.165) is 42.2 Å². The van der Waals surface area contributed by atoms with Crippen LogP contribution in [-0.4, -0.2) is 69.4 Å². The summed E-state index contributed by atoms with van der Waals surface area (Å²) in [6.07, 6.45) is 4.99. The maximum absolute atomic E-state index is 13.7. The first-order valence-electron chi connectivity index (χ1n) is 13.8. The van der Waals surface area contributed by atoms with Crippen molar-refractivity contribution in [3.63, 3.8) is 0 Å². The monoisotopic (exact) mass is 558 g/mol. The molecule has 2 heterocycles. The van der Waals surface area contributed by atoms with Crippen molar-refractivity contribution in [2.24, 2.45) is 5.41 Å². The number of carbonyl (C=O) groups is 1. The van der Waals surface area contributed by atoms with Crippen LogP contribution in [0, 0.1) is 5.41 Å². The van der Waals surface area contributed by atoms with E-state index in [0.29, 0.717) is 42.1 Å². The van der Waals surface area contributed by atoms with Gasteiger partial charge < -0.3 is 29.7 Å². The van der Waals surface area contributed by atoms with Gasteiger partial charge in [0.1, 0.15) is 5.75 Å². The molecule has 5 rings (SSSR count). The second-order valence-corrected chi connectivity index (χ2v) is 11.9. The largest absolute Gasteiger partial charge is 0.461 e. The minimum atomic E-state index is -0.921. The van der Waals surface area contributed by atoms with Gasteiger partial charge >= 0.3 is 0 Å². The van der Waals surface area contributed by atoms with E-state index < -0.39 is 6.86 Å². The predicted octanol–water partition coefficient (Wildman–Crippen LogP) is 4.83. The van der Waals surface area contributed by atoms with Crippen LogP contribution in [0.4, 0.5) is 21.5 Å². The summed E-state index contributed by atoms with van der Waals surface area (Å²) in [5.41, 5.74) is 3.43. The highest BCUT2D eigenvalue weighted by molar-refractivity contribution is 7.97. The number of anilines is 3. The fourth-order valence-electron chi connectivity index (χ4n) is 5.39. The number of aliphatic hydroxyl groups excluding tert-OH is 1. The second kappa shape index (κ2) is 12.3. The number of aliphatic hydroxyl groups is 1. The minimum absolute atomic E-state index is 0.0425. The smallest absolute Gasteiger partial charge is 0.257 e. The molecule has 212 valence electrons. The lowest BCUT2D eigenvalue weighted by Gasteiger charge is -2.35. The van der Waals surface area contributed by atoms with Crippen molar-refractivity contribution in [1.82, 2.24) is 4.72 Å². The van der Waals surface area contributed by atoms with Gasteiger partial charge in [0.2, 0.25) is 6.86 Å². The Morgan fingerprint density at radius 3 is 2.64 bits per heavy atom. The Bertz CT molecular complexity index is 1150. The molecule has 3 aliphatic rings. The highest BCUT2D eigenvalue weighted by Gasteiger charge is 2.44. The second-order valence-electron chi connectivity index (χ2n) is 11.0. The summed E-state index contributed by atoms with van der Waals surface area (Å²) in [5.74, 6) is 0.254. The molecule has 1 amide bonds. The number of rotatable bonds is 10. The normalized spacial score (nSPS) is 21.1. The van der Waals surface area contributed by atoms with Crippen LogP contribution in [0.5, 0.6) is 5.75 Å². The maximum Gasteiger partial charge on any atom is 0.257 e. The topological polar surface area (TPSA) is 86.3 Å². The third-order valence-corrected chi connectivity index (χ3v) is 9.01. The quantitative estimate of drug-likeness (QED) is 0.358. The molecule has 1 aliphatic carbocycles. The van der Waals surface area contributed by atoms with E-state index in [1.54, 1.807) is 12.1 Å². The van der Waals surface area contributed by atoms with Crippen molar-refractivity contribution in [2.45, 2.75) is 56.6 Å². The Balaban J connectivity index is 1.38. The van der Waals surface area contributed by atoms with E-state index in [1.807, 2.05) is 32.0 Å². The van der Waals surface area contributed by atoms with Crippen LogP contribution in [0.3, 0.4) is 0 Å². The lowest BCUT2D eigenvalue weighted by atomic mass is 9.93. The first-order valence-corrected chi connectivity index (χ1v) is 14.6. The van der Waals surface area contributed by atoms with Gasteiger partial charge in [-0.15, -0.1) is 0 Å². The molecule has 3 fully saturated rings. The molecule has 2 aromatic carbocycles. The van der Waals surface area contributed by atoms with Gasteiger partial charge in [0.05, 0.1) is 36.3 Å². The average molecular weight is 559 g/mol. The Morgan fingerprint density at radius 2 is 1.95 bits per heavy atom. The molecule has 0 bridgehead atoms. The van der Waals surface area contributed by atoms with Crippen LogP contribution in [0.1, 0.15) is 49.9 Å². The predicted molar refractivity (Wildman–Crippen MR) is 154 cm³/mol. The van der Waals surface area contributed by atoms with Crippen molar-refractivity contribution in [3.05, 3.63) is 42.0 Å². The van der Waals surface area contributed by atoms with Crippen LogP contribution in [0.25, 0.3) is 0 Å². The van der Waals surface area contributed by atoms with Gasteiger partial charge in [-0.2, -0.15) is 0 Å². The molecule has 1 saturated carbocycles. The van der Waals surface area contributed by atoms with E-state index in [2.05, 4.69) is 25.9 Å². The number of halogens is 1. The molecule has 0 aromatic heterocycles. The Labute approximate surface area is 234 Å². The van der Waals surface area contributed by atoms with Gasteiger partial charge in [-0.25, -0.2) is 4.39 Å². The number of alkyl halides is 1. The van der Waals surface area contributed by atoms with Crippen LogP contribution in [0.2, 0.25) is 0 Å². The number of ether oxygens (including phenoxy) is 2. The number of piperidine rings is 1. The number of morpholine rings is 1. The third-order valence-electron chi connectivity index (χ3n) is 8.00.